The summed E-state index contributed by atoms with van der Waals surface area (Å²) in [6, 6.07) is 23.1. The van der Waals surface area contributed by atoms with E-state index in [1.807, 2.05) is 6.07 Å². The van der Waals surface area contributed by atoms with Gasteiger partial charge in [-0.1, -0.05) is 60.7 Å². The summed E-state index contributed by atoms with van der Waals surface area (Å²) < 4.78 is 33.0. The molecular weight excluding hydrogens is 562 g/mol. The number of halogens is 2. The van der Waals surface area contributed by atoms with Crippen molar-refractivity contribution < 1.29 is 43.5 Å². The lowest BCUT2D eigenvalue weighted by molar-refractivity contribution is -0.165. The molecule has 3 aromatic carbocycles. The highest BCUT2D eigenvalue weighted by Gasteiger charge is 2.29. The molecule has 1 fully saturated rings. The fourth-order valence-corrected chi connectivity index (χ4v) is 4.32. The average Bonchev–Trinajstić information content (AvgIpc) is 3.01. The van der Waals surface area contributed by atoms with Crippen LogP contribution in [-0.2, 0) is 20.7 Å². The molecule has 4 N–H and O–H groups in total. The van der Waals surface area contributed by atoms with E-state index in [1.54, 1.807) is 24.3 Å². The van der Waals surface area contributed by atoms with Crippen LogP contribution in [0.15, 0.2) is 91.1 Å². The minimum Gasteiger partial charge on any atom is -0.479 e. The summed E-state index contributed by atoms with van der Waals surface area (Å²) in [5.41, 5.74) is 3.04. The van der Waals surface area contributed by atoms with Gasteiger partial charge in [0.2, 0.25) is 0 Å². The van der Waals surface area contributed by atoms with Crippen molar-refractivity contribution in [2.45, 2.75) is 24.7 Å². The lowest BCUT2D eigenvalue weighted by Crippen LogP contribution is -2.45. The molecule has 0 aromatic heterocycles. The second-order valence-corrected chi connectivity index (χ2v) is 9.87. The summed E-state index contributed by atoms with van der Waals surface area (Å²) in [5.74, 6) is -4.11. The Kier molecular flexibility index (Phi) is 13.2. The number of hydrogen-bond donors (Lipinski definition) is 4. The number of carbonyl (C=O) groups is 2. The molecule has 9 nitrogen and oxygen atoms in total. The van der Waals surface area contributed by atoms with Gasteiger partial charge in [0, 0.05) is 32.7 Å². The highest BCUT2D eigenvalue weighted by molar-refractivity contribution is 5.83. The Morgan fingerprint density at radius 3 is 1.72 bits per heavy atom. The van der Waals surface area contributed by atoms with E-state index in [4.69, 9.17) is 25.2 Å². The molecule has 2 unspecified atom stereocenters. The zero-order valence-electron chi connectivity index (χ0n) is 23.5. The summed E-state index contributed by atoms with van der Waals surface area (Å²) in [5, 5.41) is 32.5. The van der Waals surface area contributed by atoms with Gasteiger partial charge in [-0.05, 0) is 53.6 Å². The molecule has 11 heteroatoms. The predicted molar refractivity (Wildman–Crippen MR) is 155 cm³/mol. The number of carboxylic acid groups (broad SMARTS) is 2. The number of carboxylic acids is 2. The molecule has 0 aliphatic carbocycles. The number of rotatable bonds is 12. The molecule has 2 atom stereocenters. The molecule has 1 aliphatic rings. The largest absolute Gasteiger partial charge is 0.479 e. The molecule has 0 amide bonds. The van der Waals surface area contributed by atoms with Crippen LogP contribution in [-0.4, -0.2) is 93.7 Å². The SMILES string of the molecule is Fc1ccc(C(OCCN2CCN(/C=C/Cc3ccccc3)CC2)c2ccc(F)cc2)cc1.O=C(O)C(O)C(O)C(=O)O. The van der Waals surface area contributed by atoms with Crippen LogP contribution in [0.4, 0.5) is 8.78 Å². The van der Waals surface area contributed by atoms with Crippen LogP contribution in [0.25, 0.3) is 0 Å². The number of nitrogens with zero attached hydrogens (tertiary/aromatic N) is 2. The summed E-state index contributed by atoms with van der Waals surface area (Å²) in [4.78, 5) is 24.3. The third-order valence-corrected chi connectivity index (χ3v) is 6.76. The zero-order chi connectivity index (χ0) is 31.2. The van der Waals surface area contributed by atoms with Gasteiger partial charge >= 0.3 is 11.9 Å². The number of aliphatic hydroxyl groups excluding tert-OH is 2. The molecule has 3 aromatic rings. The van der Waals surface area contributed by atoms with Crippen molar-refractivity contribution in [2.75, 3.05) is 39.3 Å². The standard InChI is InChI=1S/C28H30F2N2O.C4H6O6/c29-26-12-8-24(9-13-26)28(25-10-14-27(30)15-11-25)33-22-21-32-19-17-31(18-20-32)16-4-7-23-5-2-1-3-6-23;5-1(3(7)8)2(6)4(9)10/h1-6,8-16,28H,7,17-22H2;1-2,5-6H,(H,7,8)(H,9,10)/b16-4+;. The summed E-state index contributed by atoms with van der Waals surface area (Å²) >= 11 is 0. The molecular formula is C32H36F2N2O7. The van der Waals surface area contributed by atoms with Crippen LogP contribution >= 0.6 is 0 Å². The van der Waals surface area contributed by atoms with E-state index >= 15 is 0 Å². The van der Waals surface area contributed by atoms with Crippen molar-refractivity contribution in [3.05, 3.63) is 119 Å². The molecule has 0 bridgehead atoms. The number of allylic oxidation sites excluding steroid dienone is 1. The Morgan fingerprint density at radius 1 is 0.767 bits per heavy atom. The first-order valence-corrected chi connectivity index (χ1v) is 13.8. The first-order valence-electron chi connectivity index (χ1n) is 13.8. The van der Waals surface area contributed by atoms with Crippen LogP contribution in [0.2, 0.25) is 0 Å². The van der Waals surface area contributed by atoms with Gasteiger partial charge < -0.3 is 30.1 Å². The fraction of sp³-hybridized carbons (Fsp3) is 0.312. The highest BCUT2D eigenvalue weighted by Crippen LogP contribution is 2.26. The summed E-state index contributed by atoms with van der Waals surface area (Å²) in [7, 11) is 0. The second-order valence-electron chi connectivity index (χ2n) is 9.87. The van der Waals surface area contributed by atoms with E-state index in [0.717, 1.165) is 50.3 Å². The zero-order valence-corrected chi connectivity index (χ0v) is 23.5. The lowest BCUT2D eigenvalue weighted by Gasteiger charge is -2.34. The third-order valence-electron chi connectivity index (χ3n) is 6.76. The molecule has 4 rings (SSSR count). The van der Waals surface area contributed by atoms with Gasteiger partial charge in [-0.15, -0.1) is 0 Å². The maximum absolute atomic E-state index is 13.4. The van der Waals surface area contributed by atoms with Gasteiger partial charge in [0.25, 0.3) is 0 Å². The number of hydrogen-bond acceptors (Lipinski definition) is 7. The molecule has 230 valence electrons. The third kappa shape index (κ3) is 11.2. The van der Waals surface area contributed by atoms with Crippen molar-refractivity contribution in [3.63, 3.8) is 0 Å². The first kappa shape index (κ1) is 33.3. The van der Waals surface area contributed by atoms with Gasteiger partial charge in [0.15, 0.2) is 12.2 Å². The van der Waals surface area contributed by atoms with Crippen LogP contribution in [0, 0.1) is 11.6 Å². The van der Waals surface area contributed by atoms with Gasteiger partial charge in [-0.2, -0.15) is 0 Å². The second kappa shape index (κ2) is 17.1. The van der Waals surface area contributed by atoms with E-state index in [1.165, 1.54) is 29.8 Å². The van der Waals surface area contributed by atoms with E-state index in [-0.39, 0.29) is 17.7 Å². The number of ether oxygens (including phenoxy) is 1. The van der Waals surface area contributed by atoms with E-state index in [2.05, 4.69) is 46.3 Å². The summed E-state index contributed by atoms with van der Waals surface area (Å²) in [6.07, 6.45) is 0.496. The molecule has 0 saturated carbocycles. The Bertz CT molecular complexity index is 1240. The van der Waals surface area contributed by atoms with Crippen molar-refractivity contribution in [3.8, 4) is 0 Å². The van der Waals surface area contributed by atoms with Crippen molar-refractivity contribution in [1.29, 1.82) is 0 Å². The van der Waals surface area contributed by atoms with Gasteiger partial charge in [0.05, 0.1) is 6.61 Å². The smallest absolute Gasteiger partial charge is 0.335 e. The topological polar surface area (TPSA) is 131 Å². The maximum Gasteiger partial charge on any atom is 0.335 e. The molecule has 0 radical (unpaired) electrons. The molecule has 43 heavy (non-hydrogen) atoms. The minimum absolute atomic E-state index is 0.285. The lowest BCUT2D eigenvalue weighted by atomic mass is 10.0. The molecule has 1 saturated heterocycles. The van der Waals surface area contributed by atoms with E-state index < -0.39 is 24.1 Å². The normalized spacial score (nSPS) is 15.1. The van der Waals surface area contributed by atoms with Gasteiger partial charge in [0.1, 0.15) is 17.7 Å². The first-order chi connectivity index (χ1) is 20.6. The number of piperazine rings is 1. The molecule has 1 aliphatic heterocycles. The average molecular weight is 599 g/mol. The van der Waals surface area contributed by atoms with Gasteiger partial charge in [-0.3, -0.25) is 4.90 Å². The number of aliphatic carboxylic acids is 2. The Labute approximate surface area is 248 Å². The van der Waals surface area contributed by atoms with E-state index in [9.17, 15) is 18.4 Å². The monoisotopic (exact) mass is 598 g/mol. The highest BCUT2D eigenvalue weighted by atomic mass is 19.1. The minimum atomic E-state index is -2.27. The Morgan fingerprint density at radius 2 is 1.26 bits per heavy atom. The van der Waals surface area contributed by atoms with Crippen LogP contribution < -0.4 is 0 Å². The van der Waals surface area contributed by atoms with Crippen LogP contribution in [0.5, 0.6) is 0 Å². The van der Waals surface area contributed by atoms with E-state index in [0.29, 0.717) is 6.61 Å². The Balaban J connectivity index is 0.000000436. The summed E-state index contributed by atoms with van der Waals surface area (Å²) in [6.45, 7) is 5.31. The van der Waals surface area contributed by atoms with Crippen molar-refractivity contribution >= 4 is 11.9 Å². The van der Waals surface area contributed by atoms with Crippen LogP contribution in [0.3, 0.4) is 0 Å². The predicted octanol–water partition coefficient (Wildman–Crippen LogP) is 3.32. The van der Waals surface area contributed by atoms with Crippen molar-refractivity contribution in [2.24, 2.45) is 0 Å². The fourth-order valence-electron chi connectivity index (χ4n) is 4.32. The quantitative estimate of drug-likeness (QED) is 0.248. The number of aliphatic hydroxyl groups is 2. The van der Waals surface area contributed by atoms with Crippen molar-refractivity contribution in [1.82, 2.24) is 9.80 Å². The number of benzene rings is 3. The Hall–Kier alpha value is -4.16. The maximum atomic E-state index is 13.4. The molecule has 1 heterocycles. The molecule has 0 spiro atoms. The van der Waals surface area contributed by atoms with Crippen LogP contribution in [0.1, 0.15) is 22.8 Å². The van der Waals surface area contributed by atoms with Gasteiger partial charge in [-0.25, -0.2) is 18.4 Å².